The van der Waals surface area contributed by atoms with Crippen molar-refractivity contribution in [3.05, 3.63) is 59.4 Å². The number of furan rings is 1. The van der Waals surface area contributed by atoms with Crippen LogP contribution in [0.1, 0.15) is 30.7 Å². The van der Waals surface area contributed by atoms with E-state index in [1.165, 1.54) is 6.92 Å². The molecule has 2 aromatic carbocycles. The molecule has 1 heterocycles. The van der Waals surface area contributed by atoms with Crippen molar-refractivity contribution >= 4 is 21.0 Å². The van der Waals surface area contributed by atoms with Crippen LogP contribution in [0.5, 0.6) is 5.75 Å². The van der Waals surface area contributed by atoms with E-state index < -0.39 is 15.6 Å². The second-order valence-corrected chi connectivity index (χ2v) is 8.83. The Kier molecular flexibility index (Phi) is 5.52. The molecule has 1 atom stereocenters. The Hall–Kier alpha value is -2.35. The molecule has 6 nitrogen and oxygen atoms in total. The molecule has 0 amide bonds. The number of para-hydroxylation sites is 1. The minimum Gasteiger partial charge on any atom is -0.493 e. The highest BCUT2D eigenvalue weighted by atomic mass is 32.2. The minimum absolute atomic E-state index is 0.131. The van der Waals surface area contributed by atoms with E-state index in [1.807, 2.05) is 39.0 Å². The Morgan fingerprint density at radius 1 is 1.14 bits per heavy atom. The average molecular weight is 404 g/mol. The number of nitrogens with one attached hydrogen (secondary N) is 1. The number of fused-ring (bicyclic) bond motifs is 1. The number of hydrogen-bond donors (Lipinski definition) is 2. The number of ether oxygens (including phenoxy) is 1. The summed E-state index contributed by atoms with van der Waals surface area (Å²) in [6.07, 6.45) is 0. The molecule has 0 aliphatic carbocycles. The zero-order chi connectivity index (χ0) is 20.5. The second kappa shape index (κ2) is 7.58. The van der Waals surface area contributed by atoms with Crippen LogP contribution in [0.15, 0.2) is 51.8 Å². The fourth-order valence-corrected chi connectivity index (χ4v) is 4.39. The van der Waals surface area contributed by atoms with E-state index in [0.29, 0.717) is 23.7 Å². The summed E-state index contributed by atoms with van der Waals surface area (Å²) in [5.74, 6) is 0.992. The van der Waals surface area contributed by atoms with Crippen molar-refractivity contribution in [2.75, 3.05) is 13.2 Å². The Labute approximate surface area is 165 Å². The molecule has 0 aliphatic rings. The number of hydrogen-bond acceptors (Lipinski definition) is 5. The third-order valence-corrected chi connectivity index (χ3v) is 5.98. The minimum atomic E-state index is -3.82. The molecular formula is C21H25NO5S. The lowest BCUT2D eigenvalue weighted by Crippen LogP contribution is -2.38. The van der Waals surface area contributed by atoms with Crippen LogP contribution in [-0.4, -0.2) is 26.7 Å². The number of rotatable bonds is 7. The summed E-state index contributed by atoms with van der Waals surface area (Å²) in [5.41, 5.74) is 0.623. The Balaban J connectivity index is 1.82. The molecule has 0 spiro atoms. The van der Waals surface area contributed by atoms with Crippen molar-refractivity contribution in [2.24, 2.45) is 0 Å². The zero-order valence-electron chi connectivity index (χ0n) is 16.4. The van der Waals surface area contributed by atoms with Crippen molar-refractivity contribution < 1.29 is 22.7 Å². The van der Waals surface area contributed by atoms with E-state index in [9.17, 15) is 13.5 Å². The molecule has 3 aromatic rings. The first-order valence-corrected chi connectivity index (χ1v) is 10.6. The monoisotopic (exact) mass is 403 g/mol. The van der Waals surface area contributed by atoms with Gasteiger partial charge in [0, 0.05) is 11.9 Å². The van der Waals surface area contributed by atoms with Gasteiger partial charge in [-0.25, -0.2) is 13.1 Å². The van der Waals surface area contributed by atoms with Gasteiger partial charge in [-0.1, -0.05) is 18.2 Å². The van der Waals surface area contributed by atoms with Gasteiger partial charge in [-0.3, -0.25) is 0 Å². The molecule has 2 N–H and O–H groups in total. The fraction of sp³-hybridized carbons (Fsp3) is 0.333. The van der Waals surface area contributed by atoms with Gasteiger partial charge in [0.05, 0.1) is 11.5 Å². The lowest BCUT2D eigenvalue weighted by molar-refractivity contribution is 0.0412. The van der Waals surface area contributed by atoms with Crippen molar-refractivity contribution in [3.63, 3.8) is 0 Å². The number of benzene rings is 2. The van der Waals surface area contributed by atoms with Gasteiger partial charge in [0.2, 0.25) is 10.0 Å². The van der Waals surface area contributed by atoms with Crippen LogP contribution in [0, 0.1) is 13.8 Å². The van der Waals surface area contributed by atoms with Crippen LogP contribution in [-0.2, 0) is 15.6 Å². The quantitative estimate of drug-likeness (QED) is 0.629. The van der Waals surface area contributed by atoms with Gasteiger partial charge in [-0.05, 0) is 63.1 Å². The molecular weight excluding hydrogens is 378 g/mol. The van der Waals surface area contributed by atoms with E-state index in [2.05, 4.69) is 4.72 Å². The van der Waals surface area contributed by atoms with Crippen molar-refractivity contribution in [2.45, 2.75) is 38.2 Å². The van der Waals surface area contributed by atoms with Gasteiger partial charge in [-0.2, -0.15) is 0 Å². The molecule has 7 heteroatoms. The summed E-state index contributed by atoms with van der Waals surface area (Å²) >= 11 is 0. The number of aryl methyl sites for hydroxylation is 2. The van der Waals surface area contributed by atoms with Gasteiger partial charge >= 0.3 is 0 Å². The van der Waals surface area contributed by atoms with E-state index in [4.69, 9.17) is 9.15 Å². The lowest BCUT2D eigenvalue weighted by Gasteiger charge is -2.21. The first-order chi connectivity index (χ1) is 13.1. The van der Waals surface area contributed by atoms with Crippen LogP contribution < -0.4 is 9.46 Å². The van der Waals surface area contributed by atoms with Crippen LogP contribution >= 0.6 is 0 Å². The van der Waals surface area contributed by atoms with Gasteiger partial charge in [-0.15, -0.1) is 0 Å². The Morgan fingerprint density at radius 2 is 1.79 bits per heavy atom. The first-order valence-electron chi connectivity index (χ1n) is 9.09. The van der Waals surface area contributed by atoms with Gasteiger partial charge in [0.15, 0.2) is 0 Å². The first kappa shape index (κ1) is 20.4. The Morgan fingerprint density at radius 3 is 2.39 bits per heavy atom. The molecule has 0 fully saturated rings. The zero-order valence-corrected chi connectivity index (χ0v) is 17.3. The molecule has 150 valence electrons. The summed E-state index contributed by atoms with van der Waals surface area (Å²) in [7, 11) is -3.82. The topological polar surface area (TPSA) is 88.8 Å². The molecule has 1 aromatic heterocycles. The van der Waals surface area contributed by atoms with Gasteiger partial charge in [0.25, 0.3) is 0 Å². The summed E-state index contributed by atoms with van der Waals surface area (Å²) < 4.78 is 39.3. The highest BCUT2D eigenvalue weighted by molar-refractivity contribution is 7.89. The highest BCUT2D eigenvalue weighted by Crippen LogP contribution is 2.29. The average Bonchev–Trinajstić information content (AvgIpc) is 3.08. The maximum atomic E-state index is 12.8. The summed E-state index contributed by atoms with van der Waals surface area (Å²) in [4.78, 5) is 0.131. The van der Waals surface area contributed by atoms with E-state index in [0.717, 1.165) is 16.5 Å². The van der Waals surface area contributed by atoms with Gasteiger partial charge < -0.3 is 14.3 Å². The molecule has 0 saturated carbocycles. The predicted octanol–water partition coefficient (Wildman–Crippen LogP) is 3.63. The normalized spacial score (nSPS) is 14.2. The predicted molar refractivity (Wildman–Crippen MR) is 108 cm³/mol. The van der Waals surface area contributed by atoms with Crippen molar-refractivity contribution in [1.82, 2.24) is 4.72 Å². The van der Waals surface area contributed by atoms with Crippen LogP contribution in [0.2, 0.25) is 0 Å². The van der Waals surface area contributed by atoms with Crippen molar-refractivity contribution in [1.29, 1.82) is 0 Å². The smallest absolute Gasteiger partial charge is 0.240 e. The van der Waals surface area contributed by atoms with Crippen LogP contribution in [0.25, 0.3) is 11.0 Å². The molecule has 0 saturated heterocycles. The number of sulfonamides is 1. The second-order valence-electron chi connectivity index (χ2n) is 7.07. The number of aliphatic hydroxyl groups is 1. The molecule has 0 radical (unpaired) electrons. The standard InChI is InChI=1S/C21H25NO5S/c1-5-26-20-14(2)10-17(11-15(20)3)28(24,25)22-13-21(4,23)19-12-16-8-6-7-9-18(16)27-19/h6-12,22-23H,5,13H2,1-4H3. The van der Waals surface area contributed by atoms with Crippen LogP contribution in [0.3, 0.4) is 0 Å². The van der Waals surface area contributed by atoms with E-state index >= 15 is 0 Å². The van der Waals surface area contributed by atoms with Crippen molar-refractivity contribution in [3.8, 4) is 5.75 Å². The summed E-state index contributed by atoms with van der Waals surface area (Å²) in [6.45, 7) is 7.29. The molecule has 3 rings (SSSR count). The maximum Gasteiger partial charge on any atom is 0.240 e. The van der Waals surface area contributed by atoms with Crippen LogP contribution in [0.4, 0.5) is 0 Å². The third kappa shape index (κ3) is 4.06. The van der Waals surface area contributed by atoms with E-state index in [1.54, 1.807) is 24.3 Å². The molecule has 1 unspecified atom stereocenters. The van der Waals surface area contributed by atoms with E-state index in [-0.39, 0.29) is 11.4 Å². The summed E-state index contributed by atoms with van der Waals surface area (Å²) in [6, 6.07) is 12.2. The Bertz CT molecular complexity index is 1040. The maximum absolute atomic E-state index is 12.8. The molecule has 28 heavy (non-hydrogen) atoms. The highest BCUT2D eigenvalue weighted by Gasteiger charge is 2.30. The largest absolute Gasteiger partial charge is 0.493 e. The molecule has 0 bridgehead atoms. The SMILES string of the molecule is CCOc1c(C)cc(S(=O)(=O)NCC(C)(O)c2cc3ccccc3o2)cc1C. The fourth-order valence-electron chi connectivity index (χ4n) is 3.09. The third-order valence-electron chi connectivity index (χ3n) is 4.60. The molecule has 0 aliphatic heterocycles. The summed E-state index contributed by atoms with van der Waals surface area (Å²) in [5, 5.41) is 11.6. The van der Waals surface area contributed by atoms with Gasteiger partial charge in [0.1, 0.15) is 22.7 Å². The lowest BCUT2D eigenvalue weighted by atomic mass is 10.0.